The fraction of sp³-hybridized carbons (Fsp3) is 0.474. The molecule has 0 radical (unpaired) electrons. The van der Waals surface area contributed by atoms with Gasteiger partial charge in [0, 0.05) is 27.9 Å². The summed E-state index contributed by atoms with van der Waals surface area (Å²) in [4.78, 5) is 2.33. The molecule has 142 valence electrons. The van der Waals surface area contributed by atoms with Crippen molar-refractivity contribution in [3.8, 4) is 0 Å². The van der Waals surface area contributed by atoms with Crippen molar-refractivity contribution >= 4 is 21.4 Å². The van der Waals surface area contributed by atoms with E-state index < -0.39 is 10.0 Å². The van der Waals surface area contributed by atoms with Gasteiger partial charge in [-0.15, -0.1) is 11.3 Å². The Hall–Kier alpha value is -1.25. The molecule has 1 aliphatic heterocycles. The van der Waals surface area contributed by atoms with Gasteiger partial charge in [-0.1, -0.05) is 31.2 Å². The monoisotopic (exact) mass is 393 g/mol. The largest absolute Gasteiger partial charge is 0.254 e. The third-order valence-corrected chi connectivity index (χ3v) is 8.08. The molecule has 0 spiro atoms. The highest BCUT2D eigenvalue weighted by atomic mass is 32.2. The van der Waals surface area contributed by atoms with Crippen LogP contribution >= 0.6 is 11.3 Å². The van der Waals surface area contributed by atoms with E-state index in [1.54, 1.807) is 11.3 Å². The van der Waals surface area contributed by atoms with Crippen LogP contribution in [0.3, 0.4) is 0 Å². The van der Waals surface area contributed by atoms with Crippen molar-refractivity contribution in [3.05, 3.63) is 50.7 Å². The molecular formula is C19H27N3O2S2. The molecule has 7 heteroatoms. The Labute approximate surface area is 160 Å². The molecular weight excluding hydrogens is 366 g/mol. The van der Waals surface area contributed by atoms with Crippen molar-refractivity contribution in [1.29, 1.82) is 0 Å². The lowest BCUT2D eigenvalue weighted by Gasteiger charge is -2.19. The second kappa shape index (κ2) is 7.40. The van der Waals surface area contributed by atoms with Crippen LogP contribution in [0.25, 0.3) is 0 Å². The lowest BCUT2D eigenvalue weighted by atomic mass is 9.92. The first-order chi connectivity index (χ1) is 12.2. The number of hydrogen-bond acceptors (Lipinski definition) is 5. The molecule has 3 rings (SSSR count). The van der Waals surface area contributed by atoms with Gasteiger partial charge in [0.25, 0.3) is 0 Å². The van der Waals surface area contributed by atoms with Crippen LogP contribution < -0.4 is 15.6 Å². The van der Waals surface area contributed by atoms with E-state index in [1.165, 1.54) is 0 Å². The van der Waals surface area contributed by atoms with E-state index in [-0.39, 0.29) is 12.1 Å². The van der Waals surface area contributed by atoms with E-state index in [1.807, 2.05) is 45.0 Å². The summed E-state index contributed by atoms with van der Waals surface area (Å²) in [5.74, 6) is 0.299. The van der Waals surface area contributed by atoms with Gasteiger partial charge in [0.1, 0.15) is 4.90 Å². The van der Waals surface area contributed by atoms with Gasteiger partial charge in [-0.2, -0.15) is 0 Å². The summed E-state index contributed by atoms with van der Waals surface area (Å²) in [6.07, 6.45) is 0. The minimum absolute atomic E-state index is 0.0139. The maximum absolute atomic E-state index is 13.2. The van der Waals surface area contributed by atoms with Crippen molar-refractivity contribution in [2.75, 3.05) is 0 Å². The Morgan fingerprint density at radius 1 is 1.08 bits per heavy atom. The summed E-state index contributed by atoms with van der Waals surface area (Å²) >= 11 is 1.55. The molecule has 1 aromatic heterocycles. The highest BCUT2D eigenvalue weighted by Gasteiger charge is 2.37. The van der Waals surface area contributed by atoms with Crippen LogP contribution in [0.2, 0.25) is 0 Å². The molecule has 1 aromatic carbocycles. The lowest BCUT2D eigenvalue weighted by molar-refractivity contribution is 0.468. The predicted molar refractivity (Wildman–Crippen MR) is 107 cm³/mol. The molecule has 26 heavy (non-hydrogen) atoms. The van der Waals surface area contributed by atoms with E-state index in [2.05, 4.69) is 29.4 Å². The number of benzene rings is 1. The minimum atomic E-state index is -3.60. The van der Waals surface area contributed by atoms with Gasteiger partial charge in [0.2, 0.25) is 10.0 Å². The second-order valence-electron chi connectivity index (χ2n) is 7.12. The van der Waals surface area contributed by atoms with Gasteiger partial charge in [-0.05, 0) is 44.7 Å². The third-order valence-electron chi connectivity index (χ3n) is 5.32. The number of thiophene rings is 1. The first-order valence-corrected chi connectivity index (χ1v) is 11.2. The summed E-state index contributed by atoms with van der Waals surface area (Å²) in [6.45, 7) is 10.4. The number of hydrogen-bond donors (Lipinski definition) is 3. The minimum Gasteiger partial charge on any atom is -0.254 e. The number of aryl methyl sites for hydroxylation is 3. The van der Waals surface area contributed by atoms with Crippen molar-refractivity contribution in [2.45, 2.75) is 58.1 Å². The van der Waals surface area contributed by atoms with Crippen LogP contribution in [0.1, 0.15) is 46.3 Å². The smallest absolute Gasteiger partial charge is 0.242 e. The van der Waals surface area contributed by atoms with Crippen LogP contribution in [0.4, 0.5) is 0 Å². The fourth-order valence-electron chi connectivity index (χ4n) is 3.54. The van der Waals surface area contributed by atoms with Crippen LogP contribution in [0.5, 0.6) is 0 Å². The Balaban J connectivity index is 1.94. The number of sulfonamides is 1. The second-order valence-corrected chi connectivity index (χ2v) is 10.3. The zero-order chi connectivity index (χ0) is 19.1. The maximum atomic E-state index is 13.2. The van der Waals surface area contributed by atoms with E-state index in [0.29, 0.717) is 17.4 Å². The van der Waals surface area contributed by atoms with Gasteiger partial charge < -0.3 is 0 Å². The van der Waals surface area contributed by atoms with Gasteiger partial charge in [-0.25, -0.2) is 18.6 Å². The standard InChI is InChI=1S/C19H27N3O2S2/c1-11-8-6-7-9-16(11)10-20-26(23,24)19-15(5)25-14(4)17(19)18-12(2)13(3)21-22-18/h6-9,12-13,18,20-22H,10H2,1-5H3. The molecule has 0 bridgehead atoms. The molecule has 2 heterocycles. The maximum Gasteiger partial charge on any atom is 0.242 e. The van der Waals surface area contributed by atoms with Crippen LogP contribution in [-0.2, 0) is 16.6 Å². The van der Waals surface area contributed by atoms with E-state index in [9.17, 15) is 8.42 Å². The predicted octanol–water partition coefficient (Wildman–Crippen LogP) is 3.33. The fourth-order valence-corrected chi connectivity index (χ4v) is 6.49. The molecule has 3 atom stereocenters. The summed E-state index contributed by atoms with van der Waals surface area (Å²) in [5, 5.41) is 0. The van der Waals surface area contributed by atoms with E-state index >= 15 is 0 Å². The van der Waals surface area contributed by atoms with E-state index in [0.717, 1.165) is 26.4 Å². The molecule has 5 nitrogen and oxygen atoms in total. The topological polar surface area (TPSA) is 70.2 Å². The molecule has 1 fully saturated rings. The molecule has 3 unspecified atom stereocenters. The van der Waals surface area contributed by atoms with Gasteiger partial charge >= 0.3 is 0 Å². The van der Waals surface area contributed by atoms with E-state index in [4.69, 9.17) is 0 Å². The van der Waals surface area contributed by atoms with Crippen LogP contribution in [-0.4, -0.2) is 14.5 Å². The lowest BCUT2D eigenvalue weighted by Crippen LogP contribution is -2.30. The molecule has 0 saturated carbocycles. The summed E-state index contributed by atoms with van der Waals surface area (Å²) in [6, 6.07) is 8.11. The van der Waals surface area contributed by atoms with Gasteiger partial charge in [0.05, 0.1) is 6.04 Å². The molecule has 2 aromatic rings. The Kier molecular flexibility index (Phi) is 5.55. The average molecular weight is 394 g/mol. The average Bonchev–Trinajstić information content (AvgIpc) is 3.06. The molecule has 0 amide bonds. The zero-order valence-corrected chi connectivity index (χ0v) is 17.5. The van der Waals surface area contributed by atoms with Crippen molar-refractivity contribution in [1.82, 2.24) is 15.6 Å². The molecule has 1 saturated heterocycles. The van der Waals surface area contributed by atoms with Crippen LogP contribution in [0, 0.1) is 26.7 Å². The SMILES string of the molecule is Cc1ccccc1CNS(=O)(=O)c1c(C)sc(C)c1C1NNC(C)C1C. The highest BCUT2D eigenvalue weighted by Crippen LogP contribution is 2.40. The number of hydrazine groups is 1. The van der Waals surface area contributed by atoms with Crippen molar-refractivity contribution < 1.29 is 8.42 Å². The quantitative estimate of drug-likeness (QED) is 0.729. The Bertz CT molecular complexity index is 906. The third kappa shape index (κ3) is 3.59. The summed E-state index contributed by atoms with van der Waals surface area (Å²) in [7, 11) is -3.60. The normalized spacial score (nSPS) is 23.5. The molecule has 0 aliphatic carbocycles. The Morgan fingerprint density at radius 3 is 2.38 bits per heavy atom. The number of nitrogens with one attached hydrogen (secondary N) is 3. The first kappa shape index (κ1) is 19.5. The first-order valence-electron chi connectivity index (χ1n) is 8.87. The zero-order valence-electron chi connectivity index (χ0n) is 15.9. The molecule has 1 aliphatic rings. The number of rotatable bonds is 5. The Morgan fingerprint density at radius 2 is 1.77 bits per heavy atom. The summed E-state index contributed by atoms with van der Waals surface area (Å²) < 4.78 is 29.1. The van der Waals surface area contributed by atoms with Gasteiger partial charge in [0.15, 0.2) is 0 Å². The summed E-state index contributed by atoms with van der Waals surface area (Å²) in [5.41, 5.74) is 9.49. The highest BCUT2D eigenvalue weighted by molar-refractivity contribution is 7.89. The van der Waals surface area contributed by atoms with Gasteiger partial charge in [-0.3, -0.25) is 5.43 Å². The van der Waals surface area contributed by atoms with Crippen molar-refractivity contribution in [3.63, 3.8) is 0 Å². The molecule has 3 N–H and O–H groups in total. The van der Waals surface area contributed by atoms with Crippen LogP contribution in [0.15, 0.2) is 29.2 Å². The van der Waals surface area contributed by atoms with Crippen molar-refractivity contribution in [2.24, 2.45) is 5.92 Å².